The molecule has 0 bridgehead atoms. The van der Waals surface area contributed by atoms with Crippen LogP contribution >= 0.6 is 0 Å². The first kappa shape index (κ1) is 22.0. The number of carboxylic acids is 1. The van der Waals surface area contributed by atoms with Gasteiger partial charge in [0.05, 0.1) is 11.5 Å². The molecule has 0 aliphatic rings. The minimum atomic E-state index is -0.954. The summed E-state index contributed by atoms with van der Waals surface area (Å²) >= 11 is 0. The van der Waals surface area contributed by atoms with Crippen LogP contribution in [0.3, 0.4) is 0 Å². The van der Waals surface area contributed by atoms with E-state index in [-0.39, 0.29) is 31.1 Å². The van der Waals surface area contributed by atoms with Gasteiger partial charge in [0.25, 0.3) is 0 Å². The number of nitro groups is 1. The van der Waals surface area contributed by atoms with Gasteiger partial charge in [0.1, 0.15) is 6.61 Å². The molecule has 0 saturated carbocycles. The maximum absolute atomic E-state index is 11.6. The molecule has 1 N–H and O–H groups in total. The summed E-state index contributed by atoms with van der Waals surface area (Å²) in [5, 5.41) is 20.4. The average molecular weight is 420 g/mol. The van der Waals surface area contributed by atoms with Crippen LogP contribution < -0.4 is 4.74 Å². The van der Waals surface area contributed by atoms with Crippen LogP contribution in [0.2, 0.25) is 0 Å². The minimum Gasteiger partial charge on any atom is -0.482 e. The lowest BCUT2D eigenvalue weighted by Crippen LogP contribution is -2.25. The molecular formula is C24H24N2O5. The van der Waals surface area contributed by atoms with E-state index in [1.165, 1.54) is 6.07 Å². The number of carboxylic acid groups (broad SMARTS) is 1. The van der Waals surface area contributed by atoms with Crippen LogP contribution in [0.1, 0.15) is 16.7 Å². The van der Waals surface area contributed by atoms with Crippen molar-refractivity contribution in [2.75, 3.05) is 13.6 Å². The van der Waals surface area contributed by atoms with Gasteiger partial charge >= 0.3 is 11.7 Å². The smallest absolute Gasteiger partial charge is 0.317 e. The fourth-order valence-electron chi connectivity index (χ4n) is 3.45. The van der Waals surface area contributed by atoms with Crippen molar-refractivity contribution >= 4 is 11.7 Å². The summed E-state index contributed by atoms with van der Waals surface area (Å²) in [6, 6.07) is 20.7. The van der Waals surface area contributed by atoms with E-state index >= 15 is 0 Å². The zero-order valence-corrected chi connectivity index (χ0v) is 17.4. The Hall–Kier alpha value is -3.71. The van der Waals surface area contributed by atoms with E-state index in [1.54, 1.807) is 24.1 Å². The quantitative estimate of drug-likeness (QED) is 0.400. The number of hydrogen-bond acceptors (Lipinski definition) is 5. The van der Waals surface area contributed by atoms with Crippen LogP contribution in [0.5, 0.6) is 5.75 Å². The van der Waals surface area contributed by atoms with Gasteiger partial charge in [-0.25, -0.2) is 0 Å². The zero-order valence-electron chi connectivity index (χ0n) is 17.4. The van der Waals surface area contributed by atoms with Crippen LogP contribution in [0, 0.1) is 17.0 Å². The van der Waals surface area contributed by atoms with Crippen LogP contribution in [-0.4, -0.2) is 34.5 Å². The van der Waals surface area contributed by atoms with E-state index in [9.17, 15) is 14.9 Å². The predicted octanol–water partition coefficient (Wildman–Crippen LogP) is 4.67. The van der Waals surface area contributed by atoms with Gasteiger partial charge in [0.2, 0.25) is 0 Å². The summed E-state index contributed by atoms with van der Waals surface area (Å²) in [4.78, 5) is 23.5. The number of nitro benzene ring substituents is 1. The van der Waals surface area contributed by atoms with Crippen LogP contribution in [0.15, 0.2) is 66.7 Å². The lowest BCUT2D eigenvalue weighted by atomic mass is 9.97. The van der Waals surface area contributed by atoms with Crippen LogP contribution in [0.4, 0.5) is 5.69 Å². The third-order valence-electron chi connectivity index (χ3n) is 4.99. The molecule has 0 saturated heterocycles. The second kappa shape index (κ2) is 9.86. The Kier molecular flexibility index (Phi) is 6.99. The first-order valence-electron chi connectivity index (χ1n) is 9.79. The highest BCUT2D eigenvalue weighted by Crippen LogP contribution is 2.31. The molecule has 0 atom stereocenters. The van der Waals surface area contributed by atoms with Gasteiger partial charge in [-0.1, -0.05) is 54.6 Å². The van der Waals surface area contributed by atoms with E-state index in [0.29, 0.717) is 5.56 Å². The Bertz CT molecular complexity index is 1080. The molecule has 0 fully saturated rings. The fraction of sp³-hybridized carbons (Fsp3) is 0.208. The summed E-state index contributed by atoms with van der Waals surface area (Å²) in [6.07, 6.45) is 0. The van der Waals surface area contributed by atoms with Crippen molar-refractivity contribution in [2.24, 2.45) is 0 Å². The molecule has 0 amide bonds. The Labute approximate surface area is 180 Å². The largest absolute Gasteiger partial charge is 0.482 e. The van der Waals surface area contributed by atoms with Crippen molar-refractivity contribution in [3.63, 3.8) is 0 Å². The Morgan fingerprint density at radius 1 is 1.10 bits per heavy atom. The predicted molar refractivity (Wildman–Crippen MR) is 118 cm³/mol. The number of likely N-dealkylation sites (N-methyl/N-ethyl adjacent to an activating group) is 1. The highest BCUT2D eigenvalue weighted by atomic mass is 16.6. The summed E-state index contributed by atoms with van der Waals surface area (Å²) in [7, 11) is 1.65. The topological polar surface area (TPSA) is 92.9 Å². The second-order valence-corrected chi connectivity index (χ2v) is 7.37. The highest BCUT2D eigenvalue weighted by Gasteiger charge is 2.18. The van der Waals surface area contributed by atoms with Gasteiger partial charge in [-0.05, 0) is 47.9 Å². The number of hydrogen-bond donors (Lipinski definition) is 1. The number of benzene rings is 3. The monoisotopic (exact) mass is 420 g/mol. The summed E-state index contributed by atoms with van der Waals surface area (Å²) in [5.41, 5.74) is 4.70. The van der Waals surface area contributed by atoms with Crippen molar-refractivity contribution in [3.8, 4) is 16.9 Å². The van der Waals surface area contributed by atoms with Crippen molar-refractivity contribution < 1.29 is 19.6 Å². The Morgan fingerprint density at radius 3 is 2.52 bits per heavy atom. The van der Waals surface area contributed by atoms with Crippen molar-refractivity contribution in [1.82, 2.24) is 4.90 Å². The normalized spacial score (nSPS) is 10.8. The molecule has 0 spiro atoms. The molecule has 0 unspecified atom stereocenters. The van der Waals surface area contributed by atoms with Crippen molar-refractivity contribution in [2.45, 2.75) is 20.1 Å². The number of aliphatic carboxylic acids is 1. The van der Waals surface area contributed by atoms with E-state index < -0.39 is 10.9 Å². The summed E-state index contributed by atoms with van der Waals surface area (Å²) in [6.45, 7) is 2.34. The van der Waals surface area contributed by atoms with E-state index in [2.05, 4.69) is 0 Å². The van der Waals surface area contributed by atoms with E-state index in [1.807, 2.05) is 55.5 Å². The number of carbonyl (C=O) groups is 1. The number of nitrogens with zero attached hydrogens (tertiary/aromatic N) is 2. The summed E-state index contributed by atoms with van der Waals surface area (Å²) in [5.74, 6) is -0.774. The van der Waals surface area contributed by atoms with Gasteiger partial charge < -0.3 is 9.84 Å². The van der Waals surface area contributed by atoms with Gasteiger partial charge in [-0.2, -0.15) is 0 Å². The highest BCUT2D eigenvalue weighted by molar-refractivity contribution is 5.69. The molecule has 7 heteroatoms. The molecule has 0 aromatic heterocycles. The Balaban J connectivity index is 1.79. The molecule has 0 heterocycles. The Morgan fingerprint density at radius 2 is 1.84 bits per heavy atom. The van der Waals surface area contributed by atoms with Gasteiger partial charge in [0, 0.05) is 12.6 Å². The molecule has 0 aliphatic carbocycles. The zero-order chi connectivity index (χ0) is 22.4. The lowest BCUT2D eigenvalue weighted by Gasteiger charge is -2.15. The third-order valence-corrected chi connectivity index (χ3v) is 4.99. The third kappa shape index (κ3) is 5.67. The number of ether oxygens (including phenoxy) is 1. The van der Waals surface area contributed by atoms with Gasteiger partial charge in [-0.3, -0.25) is 19.8 Å². The van der Waals surface area contributed by atoms with Crippen LogP contribution in [-0.2, 0) is 17.9 Å². The second-order valence-electron chi connectivity index (χ2n) is 7.37. The SMILES string of the molecule is Cc1c(COc2ccc(CN(C)CC(=O)O)cc2[N+](=O)[O-])cccc1-c1ccccc1. The van der Waals surface area contributed by atoms with E-state index in [0.717, 1.165) is 22.3 Å². The molecular weight excluding hydrogens is 396 g/mol. The molecule has 0 radical (unpaired) electrons. The molecule has 3 aromatic carbocycles. The molecule has 31 heavy (non-hydrogen) atoms. The van der Waals surface area contributed by atoms with Gasteiger partial charge in [0.15, 0.2) is 5.75 Å². The lowest BCUT2D eigenvalue weighted by molar-refractivity contribution is -0.386. The van der Waals surface area contributed by atoms with Gasteiger partial charge in [-0.15, -0.1) is 0 Å². The summed E-state index contributed by atoms with van der Waals surface area (Å²) < 4.78 is 5.83. The standard InChI is InChI=1S/C24H24N2O5/c1-17-20(9-6-10-21(17)19-7-4-3-5-8-19)16-31-23-12-11-18(13-22(23)26(29)30)14-25(2)15-24(27)28/h3-13H,14-16H2,1-2H3,(H,27,28). The minimum absolute atomic E-state index is 0.141. The molecule has 0 aliphatic heterocycles. The molecule has 3 aromatic rings. The molecule has 7 nitrogen and oxygen atoms in total. The average Bonchev–Trinajstić information content (AvgIpc) is 2.73. The van der Waals surface area contributed by atoms with E-state index in [4.69, 9.17) is 9.84 Å². The van der Waals surface area contributed by atoms with Crippen molar-refractivity contribution in [1.29, 1.82) is 0 Å². The number of rotatable bonds is 9. The first-order chi connectivity index (χ1) is 14.8. The maximum atomic E-state index is 11.6. The van der Waals surface area contributed by atoms with Crippen molar-refractivity contribution in [3.05, 3.63) is 93.5 Å². The molecule has 3 rings (SSSR count). The van der Waals surface area contributed by atoms with Crippen LogP contribution in [0.25, 0.3) is 11.1 Å². The fourth-order valence-corrected chi connectivity index (χ4v) is 3.45. The molecule has 160 valence electrons. The maximum Gasteiger partial charge on any atom is 0.317 e. The first-order valence-corrected chi connectivity index (χ1v) is 9.79.